The Bertz CT molecular complexity index is 382. The van der Waals surface area contributed by atoms with E-state index < -0.39 is 0 Å². The Morgan fingerprint density at radius 2 is 2.00 bits per heavy atom. The first-order valence-corrected chi connectivity index (χ1v) is 6.66. The van der Waals surface area contributed by atoms with E-state index in [1.807, 2.05) is 19.1 Å². The van der Waals surface area contributed by atoms with Gasteiger partial charge in [-0.05, 0) is 43.5 Å². The molecule has 1 aromatic rings. The highest BCUT2D eigenvalue weighted by Crippen LogP contribution is 2.27. The molecule has 1 fully saturated rings. The molecule has 1 heterocycles. The first-order valence-electron chi connectivity index (χ1n) is 6.66. The summed E-state index contributed by atoms with van der Waals surface area (Å²) in [6.07, 6.45) is 4.37. The molecule has 1 unspecified atom stereocenters. The molecule has 1 aromatic carbocycles. The molecular formula is C15H21NO. The van der Waals surface area contributed by atoms with Gasteiger partial charge in [-0.15, -0.1) is 0 Å². The van der Waals surface area contributed by atoms with Crippen LogP contribution in [-0.2, 0) is 0 Å². The quantitative estimate of drug-likeness (QED) is 0.737. The van der Waals surface area contributed by atoms with E-state index >= 15 is 0 Å². The van der Waals surface area contributed by atoms with Crippen LogP contribution < -0.4 is 4.90 Å². The topological polar surface area (TPSA) is 20.3 Å². The molecule has 0 aromatic heterocycles. The largest absolute Gasteiger partial charge is 0.369 e. The molecule has 0 aliphatic carbocycles. The van der Waals surface area contributed by atoms with Crippen LogP contribution >= 0.6 is 0 Å². The highest BCUT2D eigenvalue weighted by atomic mass is 16.1. The zero-order valence-electron chi connectivity index (χ0n) is 10.8. The average Bonchev–Trinajstić information content (AvgIpc) is 2.86. The van der Waals surface area contributed by atoms with Crippen LogP contribution in [-0.4, -0.2) is 18.4 Å². The molecule has 0 N–H and O–H groups in total. The Morgan fingerprint density at radius 1 is 1.29 bits per heavy atom. The Morgan fingerprint density at radius 3 is 2.59 bits per heavy atom. The monoisotopic (exact) mass is 231 g/mol. The van der Waals surface area contributed by atoms with Crippen molar-refractivity contribution in [3.63, 3.8) is 0 Å². The lowest BCUT2D eigenvalue weighted by atomic mass is 10.1. The number of carbonyl (C=O) groups excluding carboxylic acids is 1. The minimum atomic E-state index is 0.227. The smallest absolute Gasteiger partial charge is 0.162 e. The van der Waals surface area contributed by atoms with Gasteiger partial charge in [0.15, 0.2) is 5.78 Å². The van der Waals surface area contributed by atoms with E-state index in [1.165, 1.54) is 24.9 Å². The van der Waals surface area contributed by atoms with Crippen molar-refractivity contribution in [2.24, 2.45) is 0 Å². The van der Waals surface area contributed by atoms with E-state index in [1.54, 1.807) is 0 Å². The van der Waals surface area contributed by atoms with Gasteiger partial charge in [0.05, 0.1) is 0 Å². The molecule has 1 saturated heterocycles. The molecule has 1 atom stereocenters. The lowest BCUT2D eigenvalue weighted by molar-refractivity contribution is 0.0988. The number of anilines is 1. The van der Waals surface area contributed by atoms with E-state index in [0.29, 0.717) is 12.5 Å². The van der Waals surface area contributed by atoms with Crippen LogP contribution in [0.4, 0.5) is 5.69 Å². The molecule has 2 rings (SSSR count). The van der Waals surface area contributed by atoms with Crippen molar-refractivity contribution in [2.75, 3.05) is 11.4 Å². The molecule has 92 valence electrons. The van der Waals surface area contributed by atoms with Crippen molar-refractivity contribution < 1.29 is 4.79 Å². The SMILES string of the molecule is CCC(=O)c1ccc(N2CCCC2CC)cc1. The fourth-order valence-corrected chi connectivity index (χ4v) is 2.64. The summed E-state index contributed by atoms with van der Waals surface area (Å²) in [4.78, 5) is 14.0. The summed E-state index contributed by atoms with van der Waals surface area (Å²) in [6, 6.07) is 8.80. The number of hydrogen-bond donors (Lipinski definition) is 0. The fourth-order valence-electron chi connectivity index (χ4n) is 2.64. The van der Waals surface area contributed by atoms with Gasteiger partial charge in [-0.3, -0.25) is 4.79 Å². The van der Waals surface area contributed by atoms with Gasteiger partial charge in [0.1, 0.15) is 0 Å². The summed E-state index contributed by atoms with van der Waals surface area (Å²) >= 11 is 0. The second kappa shape index (κ2) is 5.35. The fraction of sp³-hybridized carbons (Fsp3) is 0.533. The van der Waals surface area contributed by atoms with Crippen LogP contribution in [0.15, 0.2) is 24.3 Å². The molecular weight excluding hydrogens is 210 g/mol. The average molecular weight is 231 g/mol. The third-order valence-electron chi connectivity index (χ3n) is 3.69. The molecule has 0 spiro atoms. The maximum Gasteiger partial charge on any atom is 0.162 e. The zero-order chi connectivity index (χ0) is 12.3. The molecule has 2 heteroatoms. The molecule has 17 heavy (non-hydrogen) atoms. The van der Waals surface area contributed by atoms with Crippen molar-refractivity contribution >= 4 is 11.5 Å². The maximum atomic E-state index is 11.6. The number of hydrogen-bond acceptors (Lipinski definition) is 2. The van der Waals surface area contributed by atoms with Crippen LogP contribution in [0.5, 0.6) is 0 Å². The number of nitrogens with zero attached hydrogens (tertiary/aromatic N) is 1. The van der Waals surface area contributed by atoms with Gasteiger partial charge in [-0.25, -0.2) is 0 Å². The number of ketones is 1. The Hall–Kier alpha value is -1.31. The number of benzene rings is 1. The Kier molecular flexibility index (Phi) is 3.82. The molecule has 2 nitrogen and oxygen atoms in total. The van der Waals surface area contributed by atoms with E-state index in [9.17, 15) is 4.79 Å². The second-order valence-corrected chi connectivity index (χ2v) is 4.72. The Balaban J connectivity index is 2.15. The second-order valence-electron chi connectivity index (χ2n) is 4.72. The van der Waals surface area contributed by atoms with Crippen LogP contribution in [0.2, 0.25) is 0 Å². The van der Waals surface area contributed by atoms with Gasteiger partial charge in [-0.1, -0.05) is 13.8 Å². The first kappa shape index (κ1) is 12.2. The highest BCUT2D eigenvalue weighted by molar-refractivity contribution is 5.96. The summed E-state index contributed by atoms with van der Waals surface area (Å²) < 4.78 is 0. The molecule has 0 saturated carbocycles. The zero-order valence-corrected chi connectivity index (χ0v) is 10.8. The predicted molar refractivity (Wildman–Crippen MR) is 71.7 cm³/mol. The van der Waals surface area contributed by atoms with E-state index in [0.717, 1.165) is 12.1 Å². The third-order valence-corrected chi connectivity index (χ3v) is 3.69. The molecule has 0 radical (unpaired) electrons. The summed E-state index contributed by atoms with van der Waals surface area (Å²) in [5.41, 5.74) is 2.10. The third kappa shape index (κ3) is 2.51. The van der Waals surface area contributed by atoms with Gasteiger partial charge in [0.25, 0.3) is 0 Å². The van der Waals surface area contributed by atoms with E-state index in [2.05, 4.69) is 24.0 Å². The maximum absolute atomic E-state index is 11.6. The summed E-state index contributed by atoms with van der Waals surface area (Å²) in [7, 11) is 0. The van der Waals surface area contributed by atoms with Crippen molar-refractivity contribution in [2.45, 2.75) is 45.6 Å². The number of Topliss-reactive ketones (excluding diaryl/α,β-unsaturated/α-hetero) is 1. The van der Waals surface area contributed by atoms with Crippen LogP contribution in [0.25, 0.3) is 0 Å². The van der Waals surface area contributed by atoms with Gasteiger partial charge in [-0.2, -0.15) is 0 Å². The minimum Gasteiger partial charge on any atom is -0.369 e. The molecule has 1 aliphatic heterocycles. The summed E-state index contributed by atoms with van der Waals surface area (Å²) in [5.74, 6) is 0.227. The van der Waals surface area contributed by atoms with Crippen molar-refractivity contribution in [1.29, 1.82) is 0 Å². The van der Waals surface area contributed by atoms with E-state index in [4.69, 9.17) is 0 Å². The normalized spacial score (nSPS) is 19.6. The lowest BCUT2D eigenvalue weighted by Gasteiger charge is -2.26. The van der Waals surface area contributed by atoms with Gasteiger partial charge < -0.3 is 4.90 Å². The molecule has 0 bridgehead atoms. The predicted octanol–water partition coefficient (Wildman–Crippen LogP) is 3.66. The minimum absolute atomic E-state index is 0.227. The van der Waals surface area contributed by atoms with Crippen LogP contribution in [0.1, 0.15) is 49.9 Å². The van der Waals surface area contributed by atoms with Gasteiger partial charge in [0.2, 0.25) is 0 Å². The van der Waals surface area contributed by atoms with Gasteiger partial charge >= 0.3 is 0 Å². The van der Waals surface area contributed by atoms with Gasteiger partial charge in [0, 0.05) is 30.3 Å². The standard InChI is InChI=1S/C15H21NO/c1-3-13-6-5-11-16(13)14-9-7-12(8-10-14)15(17)4-2/h7-10,13H,3-6,11H2,1-2H3. The molecule has 0 amide bonds. The Labute approximate surface area is 104 Å². The van der Waals surface area contributed by atoms with Crippen LogP contribution in [0, 0.1) is 0 Å². The lowest BCUT2D eigenvalue weighted by Crippen LogP contribution is -2.28. The van der Waals surface area contributed by atoms with Crippen molar-refractivity contribution in [3.8, 4) is 0 Å². The summed E-state index contributed by atoms with van der Waals surface area (Å²) in [5, 5.41) is 0. The van der Waals surface area contributed by atoms with E-state index in [-0.39, 0.29) is 5.78 Å². The number of rotatable bonds is 4. The summed E-state index contributed by atoms with van der Waals surface area (Å²) in [6.45, 7) is 5.31. The highest BCUT2D eigenvalue weighted by Gasteiger charge is 2.22. The number of carbonyl (C=O) groups is 1. The van der Waals surface area contributed by atoms with Crippen molar-refractivity contribution in [1.82, 2.24) is 0 Å². The van der Waals surface area contributed by atoms with Crippen molar-refractivity contribution in [3.05, 3.63) is 29.8 Å². The molecule has 1 aliphatic rings. The van der Waals surface area contributed by atoms with Crippen LogP contribution in [0.3, 0.4) is 0 Å². The first-order chi connectivity index (χ1) is 8.26.